The van der Waals surface area contributed by atoms with Crippen molar-refractivity contribution in [3.05, 3.63) is 29.3 Å². The molecule has 0 amide bonds. The molecular weight excluding hydrogens is 222 g/mol. The number of hydrogen-bond donors (Lipinski definition) is 2. The fourth-order valence-electron chi connectivity index (χ4n) is 1.25. The first-order chi connectivity index (χ1) is 7.08. The van der Waals surface area contributed by atoms with Crippen LogP contribution in [0.25, 0.3) is 0 Å². The Morgan fingerprint density at radius 3 is 2.53 bits per heavy atom. The molecule has 0 spiro atoms. The van der Waals surface area contributed by atoms with Crippen LogP contribution in [0.1, 0.15) is 20.7 Å². The van der Waals surface area contributed by atoms with Crippen LogP contribution in [0, 0.1) is 0 Å². The van der Waals surface area contributed by atoms with E-state index in [1.165, 1.54) is 18.2 Å². The number of ether oxygens (including phenoxy) is 1. The first-order valence-corrected chi connectivity index (χ1v) is 4.96. The van der Waals surface area contributed by atoms with Gasteiger partial charge < -0.3 is 4.74 Å². The van der Waals surface area contributed by atoms with Crippen molar-refractivity contribution in [2.75, 3.05) is 4.72 Å². The van der Waals surface area contributed by atoms with Gasteiger partial charge in [0.25, 0.3) is 11.3 Å². The van der Waals surface area contributed by atoms with E-state index in [0.29, 0.717) is 0 Å². The zero-order chi connectivity index (χ0) is 11.0. The highest BCUT2D eigenvalue weighted by Gasteiger charge is 2.29. The predicted octanol–water partition coefficient (Wildman–Crippen LogP) is 0.546. The number of carbonyl (C=O) groups excluding carboxylic acids is 2. The van der Waals surface area contributed by atoms with Crippen LogP contribution in [0.5, 0.6) is 0 Å². The van der Waals surface area contributed by atoms with Gasteiger partial charge in [0.05, 0.1) is 11.1 Å². The Kier molecular flexibility index (Phi) is 2.25. The first kappa shape index (κ1) is 9.81. The molecule has 2 N–H and O–H groups in total. The van der Waals surface area contributed by atoms with Crippen LogP contribution in [-0.4, -0.2) is 20.7 Å². The Morgan fingerprint density at radius 1 is 1.20 bits per heavy atom. The normalized spacial score (nSPS) is 15.8. The van der Waals surface area contributed by atoms with E-state index in [0.717, 1.165) is 0 Å². The predicted molar refractivity (Wildman–Crippen MR) is 50.6 cm³/mol. The van der Waals surface area contributed by atoms with Crippen molar-refractivity contribution in [1.29, 1.82) is 0 Å². The molecule has 0 saturated heterocycles. The van der Waals surface area contributed by atoms with Gasteiger partial charge in [-0.3, -0.25) is 9.27 Å². The molecule has 1 heterocycles. The molecule has 6 nitrogen and oxygen atoms in total. The van der Waals surface area contributed by atoms with E-state index >= 15 is 0 Å². The highest BCUT2D eigenvalue weighted by molar-refractivity contribution is 7.80. The molecule has 0 radical (unpaired) electrons. The van der Waals surface area contributed by atoms with E-state index in [9.17, 15) is 13.8 Å². The van der Waals surface area contributed by atoms with Crippen molar-refractivity contribution in [3.8, 4) is 0 Å². The number of hydrogen-bond acceptors (Lipinski definition) is 4. The van der Waals surface area contributed by atoms with Crippen LogP contribution in [0.2, 0.25) is 0 Å². The lowest BCUT2D eigenvalue weighted by Crippen LogP contribution is -2.03. The minimum atomic E-state index is -2.22. The zero-order valence-corrected chi connectivity index (χ0v) is 8.04. The summed E-state index contributed by atoms with van der Waals surface area (Å²) in [6.45, 7) is 0. The van der Waals surface area contributed by atoms with Crippen LogP contribution in [-0.2, 0) is 16.0 Å². The fourth-order valence-corrected chi connectivity index (χ4v) is 1.58. The number of benzene rings is 1. The third kappa shape index (κ3) is 1.74. The van der Waals surface area contributed by atoms with Gasteiger partial charge in [0.2, 0.25) is 0 Å². The molecule has 1 aliphatic heterocycles. The minimum Gasteiger partial charge on any atom is -0.386 e. The molecular formula is C8H5NO5S. The van der Waals surface area contributed by atoms with Crippen LogP contribution in [0.3, 0.4) is 0 Å². The third-order valence-corrected chi connectivity index (χ3v) is 2.26. The number of fused-ring (bicyclic) bond motifs is 1. The minimum absolute atomic E-state index is 0.0930. The molecule has 15 heavy (non-hydrogen) atoms. The van der Waals surface area contributed by atoms with Gasteiger partial charge in [-0.05, 0) is 18.2 Å². The van der Waals surface area contributed by atoms with Gasteiger partial charge in [-0.1, -0.05) is 0 Å². The third-order valence-electron chi connectivity index (χ3n) is 1.85. The van der Waals surface area contributed by atoms with Crippen molar-refractivity contribution >= 4 is 28.9 Å². The average molecular weight is 227 g/mol. The number of nitrogens with one attached hydrogen (secondary N) is 1. The largest absolute Gasteiger partial charge is 0.386 e. The van der Waals surface area contributed by atoms with E-state index in [4.69, 9.17) is 4.55 Å². The van der Waals surface area contributed by atoms with E-state index in [-0.39, 0.29) is 16.8 Å². The summed E-state index contributed by atoms with van der Waals surface area (Å²) < 4.78 is 25.5. The van der Waals surface area contributed by atoms with E-state index < -0.39 is 23.2 Å². The number of carbonyl (C=O) groups is 2. The van der Waals surface area contributed by atoms with E-state index in [2.05, 4.69) is 9.46 Å². The van der Waals surface area contributed by atoms with Crippen LogP contribution >= 0.6 is 0 Å². The smallest absolute Gasteiger partial charge is 0.346 e. The lowest BCUT2D eigenvalue weighted by atomic mass is 10.1. The maximum absolute atomic E-state index is 11.1. The Bertz CT molecular complexity index is 484. The summed E-state index contributed by atoms with van der Waals surface area (Å²) in [6, 6.07) is 4.06. The summed E-state index contributed by atoms with van der Waals surface area (Å²) >= 11 is -2.22. The Morgan fingerprint density at radius 2 is 1.87 bits per heavy atom. The average Bonchev–Trinajstić information content (AvgIpc) is 2.41. The van der Waals surface area contributed by atoms with Crippen molar-refractivity contribution < 1.29 is 23.1 Å². The second-order valence-electron chi connectivity index (χ2n) is 2.79. The van der Waals surface area contributed by atoms with Gasteiger partial charge in [0.1, 0.15) is 0 Å². The summed E-state index contributed by atoms with van der Waals surface area (Å²) in [5, 5.41) is 0. The van der Waals surface area contributed by atoms with Crippen molar-refractivity contribution in [1.82, 2.24) is 0 Å². The lowest BCUT2D eigenvalue weighted by molar-refractivity contribution is 0.0444. The summed E-state index contributed by atoms with van der Waals surface area (Å²) in [6.07, 6.45) is 0. The second kappa shape index (κ2) is 3.44. The van der Waals surface area contributed by atoms with Gasteiger partial charge >= 0.3 is 11.9 Å². The lowest BCUT2D eigenvalue weighted by Gasteiger charge is -2.00. The molecule has 7 heteroatoms. The van der Waals surface area contributed by atoms with Gasteiger partial charge in [-0.15, -0.1) is 0 Å². The molecule has 1 unspecified atom stereocenters. The molecule has 0 fully saturated rings. The standard InChI is InChI=1S/C8H5NO5S/c10-7-5-2-1-4(9-15(12)13)3-6(5)8(11)14-7/h1-3,9H,(H,12,13). The first-order valence-electron chi connectivity index (χ1n) is 3.86. The van der Waals surface area contributed by atoms with Gasteiger partial charge in [0.15, 0.2) is 0 Å². The molecule has 0 saturated carbocycles. The highest BCUT2D eigenvalue weighted by Crippen LogP contribution is 2.23. The number of rotatable bonds is 2. The molecule has 2 rings (SSSR count). The van der Waals surface area contributed by atoms with Gasteiger partial charge in [-0.2, -0.15) is 0 Å². The molecule has 78 valence electrons. The van der Waals surface area contributed by atoms with Crippen molar-refractivity contribution in [3.63, 3.8) is 0 Å². The maximum Gasteiger partial charge on any atom is 0.346 e. The Hall–Kier alpha value is -1.73. The van der Waals surface area contributed by atoms with E-state index in [1.54, 1.807) is 0 Å². The number of esters is 2. The van der Waals surface area contributed by atoms with Gasteiger partial charge in [0, 0.05) is 5.69 Å². The second-order valence-corrected chi connectivity index (χ2v) is 3.49. The van der Waals surface area contributed by atoms with Crippen LogP contribution < -0.4 is 4.72 Å². The van der Waals surface area contributed by atoms with Gasteiger partial charge in [-0.25, -0.2) is 13.8 Å². The monoisotopic (exact) mass is 227 g/mol. The Balaban J connectivity index is 2.42. The number of anilines is 1. The Labute approximate surface area is 86.7 Å². The topological polar surface area (TPSA) is 92.7 Å². The highest BCUT2D eigenvalue weighted by atomic mass is 32.2. The molecule has 0 aromatic heterocycles. The molecule has 1 aromatic carbocycles. The summed E-state index contributed by atoms with van der Waals surface area (Å²) in [4.78, 5) is 22.1. The quantitative estimate of drug-likeness (QED) is 0.437. The summed E-state index contributed by atoms with van der Waals surface area (Å²) in [7, 11) is 0. The van der Waals surface area contributed by atoms with Crippen molar-refractivity contribution in [2.45, 2.75) is 0 Å². The molecule has 1 aromatic rings. The van der Waals surface area contributed by atoms with Crippen LogP contribution in [0.15, 0.2) is 18.2 Å². The molecule has 1 aliphatic rings. The molecule has 1 atom stereocenters. The zero-order valence-electron chi connectivity index (χ0n) is 7.22. The number of cyclic esters (lactones) is 2. The molecule has 0 bridgehead atoms. The van der Waals surface area contributed by atoms with Crippen molar-refractivity contribution in [2.24, 2.45) is 0 Å². The fraction of sp³-hybridized carbons (Fsp3) is 0. The SMILES string of the molecule is O=C1OC(=O)c2cc(NS(=O)O)ccc21. The molecule has 0 aliphatic carbocycles. The maximum atomic E-state index is 11.1. The van der Waals surface area contributed by atoms with E-state index in [1.807, 2.05) is 0 Å². The summed E-state index contributed by atoms with van der Waals surface area (Å²) in [5.41, 5.74) is 0.519. The van der Waals surface area contributed by atoms with Crippen LogP contribution in [0.4, 0.5) is 5.69 Å². The summed E-state index contributed by atoms with van der Waals surface area (Å²) in [5.74, 6) is -1.45.